The molecule has 110 valence electrons. The average molecular weight is 264 g/mol. The fraction of sp³-hybridized carbons (Fsp3) is 0.765. The van der Waals surface area contributed by atoms with Gasteiger partial charge >= 0.3 is 0 Å². The van der Waals surface area contributed by atoms with Crippen LogP contribution in [-0.4, -0.2) is 12.9 Å². The fourth-order valence-electron chi connectivity index (χ4n) is 2.13. The van der Waals surface area contributed by atoms with Crippen molar-refractivity contribution >= 4 is 12.9 Å². The van der Waals surface area contributed by atoms with E-state index in [0.717, 1.165) is 6.42 Å². The Morgan fingerprint density at radius 2 is 1.68 bits per heavy atom. The van der Waals surface area contributed by atoms with Crippen molar-refractivity contribution in [2.75, 3.05) is 0 Å². The summed E-state index contributed by atoms with van der Waals surface area (Å²) in [4.78, 5) is 0. The fourth-order valence-corrected chi connectivity index (χ4v) is 2.13. The lowest BCUT2D eigenvalue weighted by Crippen LogP contribution is -2.00. The van der Waals surface area contributed by atoms with Crippen LogP contribution < -0.4 is 0 Å². The maximum absolute atomic E-state index is 3.95. The number of rotatable bonds is 13. The molecule has 0 aromatic heterocycles. The van der Waals surface area contributed by atoms with E-state index in [-0.39, 0.29) is 0 Å². The highest BCUT2D eigenvalue weighted by atomic mass is 15.2. The summed E-state index contributed by atoms with van der Waals surface area (Å²) in [6, 6.07) is 0. The van der Waals surface area contributed by atoms with E-state index in [0.29, 0.717) is 5.92 Å². The van der Waals surface area contributed by atoms with Crippen LogP contribution in [0.3, 0.4) is 0 Å². The Labute approximate surface area is 120 Å². The van der Waals surface area contributed by atoms with E-state index in [1.54, 1.807) is 0 Å². The first kappa shape index (κ1) is 18.1. The van der Waals surface area contributed by atoms with Gasteiger partial charge in [0, 0.05) is 12.9 Å². The van der Waals surface area contributed by atoms with Gasteiger partial charge in [-0.3, -0.25) is 0 Å². The predicted octanol–water partition coefficient (Wildman–Crippen LogP) is 5.79. The molecule has 0 saturated carbocycles. The Bertz CT molecular complexity index is 244. The minimum Gasteiger partial charge on any atom is -0.167 e. The zero-order valence-corrected chi connectivity index (χ0v) is 13.0. The molecular formula is C17H32N2. The Morgan fingerprint density at radius 3 is 2.37 bits per heavy atom. The molecule has 0 aliphatic heterocycles. The van der Waals surface area contributed by atoms with Gasteiger partial charge in [-0.05, 0) is 31.6 Å². The van der Waals surface area contributed by atoms with Gasteiger partial charge in [-0.2, -0.15) is 10.2 Å². The summed E-state index contributed by atoms with van der Waals surface area (Å²) in [6.45, 7) is 7.90. The van der Waals surface area contributed by atoms with E-state index < -0.39 is 0 Å². The number of hydrogen-bond donors (Lipinski definition) is 0. The first-order chi connectivity index (χ1) is 9.35. The summed E-state index contributed by atoms with van der Waals surface area (Å²) in [6.07, 6.45) is 19.4. The summed E-state index contributed by atoms with van der Waals surface area (Å²) in [5.74, 6) is 0.531. The van der Waals surface area contributed by atoms with Crippen molar-refractivity contribution < 1.29 is 0 Å². The van der Waals surface area contributed by atoms with Crippen LogP contribution in [0.2, 0.25) is 0 Å². The van der Waals surface area contributed by atoms with Crippen molar-refractivity contribution in [2.45, 2.75) is 78.1 Å². The molecule has 0 aromatic rings. The predicted molar refractivity (Wildman–Crippen MR) is 88.2 cm³/mol. The van der Waals surface area contributed by atoms with Crippen LogP contribution in [0.4, 0.5) is 0 Å². The van der Waals surface area contributed by atoms with Gasteiger partial charge in [0.15, 0.2) is 0 Å². The Morgan fingerprint density at radius 1 is 0.947 bits per heavy atom. The van der Waals surface area contributed by atoms with Crippen molar-refractivity contribution in [1.29, 1.82) is 0 Å². The van der Waals surface area contributed by atoms with Crippen LogP contribution in [0.1, 0.15) is 78.1 Å². The summed E-state index contributed by atoms with van der Waals surface area (Å²) in [5, 5.41) is 7.52. The molecule has 2 heteroatoms. The highest BCUT2D eigenvalue weighted by Crippen LogP contribution is 2.13. The Kier molecular flexibility index (Phi) is 14.4. The molecule has 0 fully saturated rings. The van der Waals surface area contributed by atoms with Crippen LogP contribution in [-0.2, 0) is 0 Å². The third-order valence-electron chi connectivity index (χ3n) is 3.37. The first-order valence-corrected chi connectivity index (χ1v) is 7.99. The van der Waals surface area contributed by atoms with E-state index in [1.807, 2.05) is 6.21 Å². The van der Waals surface area contributed by atoms with E-state index in [9.17, 15) is 0 Å². The SMILES string of the molecule is C=N/N=C/C(CC=CCCCCCC)CCCCC. The molecule has 0 aromatic carbocycles. The Balaban J connectivity index is 3.79. The van der Waals surface area contributed by atoms with Crippen molar-refractivity contribution in [3.8, 4) is 0 Å². The second kappa shape index (κ2) is 15.1. The van der Waals surface area contributed by atoms with Crippen LogP contribution in [0.15, 0.2) is 22.4 Å². The maximum atomic E-state index is 3.95. The summed E-state index contributed by atoms with van der Waals surface area (Å²) in [7, 11) is 0. The molecule has 0 heterocycles. The molecule has 0 aliphatic rings. The monoisotopic (exact) mass is 264 g/mol. The van der Waals surface area contributed by atoms with E-state index >= 15 is 0 Å². The standard InChI is InChI=1S/C17H32N2/c1-4-6-8-9-10-11-13-15-17(16-19-18-3)14-12-7-5-2/h11,13,16-17H,3-10,12,14-15H2,1-2H3/b13-11?,19-16+. The average Bonchev–Trinajstić information content (AvgIpc) is 2.43. The zero-order chi connectivity index (χ0) is 14.2. The van der Waals surface area contributed by atoms with Gasteiger partial charge in [-0.1, -0.05) is 64.5 Å². The second-order valence-electron chi connectivity index (χ2n) is 5.22. The van der Waals surface area contributed by atoms with E-state index in [1.165, 1.54) is 57.8 Å². The third kappa shape index (κ3) is 13.3. The van der Waals surface area contributed by atoms with Gasteiger partial charge in [0.05, 0.1) is 0 Å². The van der Waals surface area contributed by atoms with Gasteiger partial charge in [-0.15, -0.1) is 0 Å². The number of nitrogens with zero attached hydrogens (tertiary/aromatic N) is 2. The van der Waals surface area contributed by atoms with Crippen LogP contribution in [0.25, 0.3) is 0 Å². The van der Waals surface area contributed by atoms with Crippen LogP contribution in [0, 0.1) is 5.92 Å². The minimum absolute atomic E-state index is 0.531. The molecule has 1 atom stereocenters. The third-order valence-corrected chi connectivity index (χ3v) is 3.37. The number of hydrogen-bond acceptors (Lipinski definition) is 2. The highest BCUT2D eigenvalue weighted by Gasteiger charge is 2.03. The van der Waals surface area contributed by atoms with Gasteiger partial charge in [-0.25, -0.2) is 0 Å². The van der Waals surface area contributed by atoms with Gasteiger partial charge in [0.1, 0.15) is 0 Å². The number of unbranched alkanes of at least 4 members (excludes halogenated alkanes) is 6. The molecule has 0 radical (unpaired) electrons. The minimum atomic E-state index is 0.531. The summed E-state index contributed by atoms with van der Waals surface area (Å²) >= 11 is 0. The molecule has 0 N–H and O–H groups in total. The largest absolute Gasteiger partial charge is 0.167 e. The molecule has 0 spiro atoms. The lowest BCUT2D eigenvalue weighted by atomic mass is 9.98. The molecule has 1 unspecified atom stereocenters. The van der Waals surface area contributed by atoms with Gasteiger partial charge in [0.25, 0.3) is 0 Å². The van der Waals surface area contributed by atoms with E-state index in [4.69, 9.17) is 0 Å². The molecule has 0 saturated heterocycles. The molecule has 19 heavy (non-hydrogen) atoms. The van der Waals surface area contributed by atoms with Crippen molar-refractivity contribution in [3.05, 3.63) is 12.2 Å². The summed E-state index contributed by atoms with van der Waals surface area (Å²) < 4.78 is 0. The molecule has 2 nitrogen and oxygen atoms in total. The maximum Gasteiger partial charge on any atom is 0.0304 e. The van der Waals surface area contributed by atoms with Crippen LogP contribution >= 0.6 is 0 Å². The lowest BCUT2D eigenvalue weighted by Gasteiger charge is -2.08. The van der Waals surface area contributed by atoms with Crippen LogP contribution in [0.5, 0.6) is 0 Å². The second-order valence-corrected chi connectivity index (χ2v) is 5.22. The normalized spacial score (nSPS) is 13.4. The molecule has 0 rings (SSSR count). The van der Waals surface area contributed by atoms with Gasteiger partial charge in [0.2, 0.25) is 0 Å². The van der Waals surface area contributed by atoms with Gasteiger partial charge < -0.3 is 0 Å². The number of allylic oxidation sites excluding steroid dienone is 2. The summed E-state index contributed by atoms with van der Waals surface area (Å²) in [5.41, 5.74) is 0. The topological polar surface area (TPSA) is 24.7 Å². The van der Waals surface area contributed by atoms with Crippen molar-refractivity contribution in [3.63, 3.8) is 0 Å². The molecule has 0 bridgehead atoms. The molecule has 0 aliphatic carbocycles. The zero-order valence-electron chi connectivity index (χ0n) is 13.0. The van der Waals surface area contributed by atoms with E-state index in [2.05, 4.69) is 42.9 Å². The lowest BCUT2D eigenvalue weighted by molar-refractivity contribution is 0.574. The Hall–Kier alpha value is -0.920. The first-order valence-electron chi connectivity index (χ1n) is 7.99. The quantitative estimate of drug-likeness (QED) is 0.174. The van der Waals surface area contributed by atoms with Crippen molar-refractivity contribution in [1.82, 2.24) is 0 Å². The molecule has 0 amide bonds. The smallest absolute Gasteiger partial charge is 0.0304 e. The molecular weight excluding hydrogens is 232 g/mol. The van der Waals surface area contributed by atoms with Crippen molar-refractivity contribution in [2.24, 2.45) is 16.1 Å². The highest BCUT2D eigenvalue weighted by molar-refractivity contribution is 5.61.